The Morgan fingerprint density at radius 1 is 0.680 bits per heavy atom. The standard InChI is InChI=1S/C23H22OSi/c1-2-3-13-20-24-25(21-14-7-4-8-15-21,22-16-9-5-10-17-22)23-18-11-6-12-19-23/h1,4-12,14-19H,3,13,20H2. The fraction of sp³-hybridized carbons (Fsp3) is 0.130. The number of hydrogen-bond donors (Lipinski definition) is 0. The zero-order valence-electron chi connectivity index (χ0n) is 14.3. The van der Waals surface area contributed by atoms with Crippen LogP contribution in [0.25, 0.3) is 0 Å². The summed E-state index contributed by atoms with van der Waals surface area (Å²) in [5, 5.41) is 3.77. The molecule has 2 heteroatoms. The first kappa shape index (κ1) is 17.2. The third kappa shape index (κ3) is 3.74. The normalized spacial score (nSPS) is 11.0. The maximum absolute atomic E-state index is 6.73. The molecule has 0 saturated carbocycles. The number of benzene rings is 3. The molecule has 0 spiro atoms. The molecule has 0 atom stereocenters. The second-order valence-corrected chi connectivity index (χ2v) is 9.32. The molecule has 3 rings (SSSR count). The molecule has 0 radical (unpaired) electrons. The summed E-state index contributed by atoms with van der Waals surface area (Å²) in [6.45, 7) is 0.662. The van der Waals surface area contributed by atoms with Crippen molar-refractivity contribution in [1.82, 2.24) is 0 Å². The topological polar surface area (TPSA) is 9.23 Å². The summed E-state index contributed by atoms with van der Waals surface area (Å²) < 4.78 is 6.73. The van der Waals surface area contributed by atoms with Gasteiger partial charge in [-0.2, -0.15) is 0 Å². The van der Waals surface area contributed by atoms with E-state index in [4.69, 9.17) is 10.8 Å². The highest BCUT2D eigenvalue weighted by atomic mass is 28.4. The van der Waals surface area contributed by atoms with Crippen molar-refractivity contribution >= 4 is 23.9 Å². The molecule has 3 aromatic carbocycles. The predicted octanol–water partition coefficient (Wildman–Crippen LogP) is 3.08. The van der Waals surface area contributed by atoms with E-state index < -0.39 is 8.32 Å². The molecule has 0 aliphatic heterocycles. The summed E-state index contributed by atoms with van der Waals surface area (Å²) in [7, 11) is -2.54. The highest BCUT2D eigenvalue weighted by molar-refractivity contribution is 7.07. The minimum Gasteiger partial charge on any atom is -0.404 e. The van der Waals surface area contributed by atoms with E-state index in [0.717, 1.165) is 12.8 Å². The SMILES string of the molecule is C#CCCCO[Si](c1ccccc1)(c1ccccc1)c1ccccc1. The number of hydrogen-bond acceptors (Lipinski definition) is 1. The largest absolute Gasteiger partial charge is 0.404 e. The van der Waals surface area contributed by atoms with E-state index in [0.29, 0.717) is 6.61 Å². The molecular weight excluding hydrogens is 320 g/mol. The second kappa shape index (κ2) is 8.48. The number of unbranched alkanes of at least 4 members (excludes halogenated alkanes) is 1. The molecule has 124 valence electrons. The molecule has 0 saturated heterocycles. The van der Waals surface area contributed by atoms with Gasteiger partial charge in [-0.05, 0) is 22.0 Å². The van der Waals surface area contributed by atoms with Crippen LogP contribution in [0, 0.1) is 12.3 Å². The first-order chi connectivity index (χ1) is 12.4. The van der Waals surface area contributed by atoms with Gasteiger partial charge in [0.25, 0.3) is 8.32 Å². The van der Waals surface area contributed by atoms with Gasteiger partial charge in [0.2, 0.25) is 0 Å². The molecule has 0 aliphatic rings. The van der Waals surface area contributed by atoms with Crippen molar-refractivity contribution in [1.29, 1.82) is 0 Å². The summed E-state index contributed by atoms with van der Waals surface area (Å²) in [4.78, 5) is 0. The van der Waals surface area contributed by atoms with E-state index in [9.17, 15) is 0 Å². The Bertz CT molecular complexity index is 710. The van der Waals surface area contributed by atoms with Crippen molar-refractivity contribution in [2.24, 2.45) is 0 Å². The third-order valence-electron chi connectivity index (χ3n) is 4.32. The fourth-order valence-corrected chi connectivity index (χ4v) is 7.10. The highest BCUT2D eigenvalue weighted by Crippen LogP contribution is 2.10. The maximum Gasteiger partial charge on any atom is 0.288 e. The Morgan fingerprint density at radius 3 is 1.44 bits per heavy atom. The van der Waals surface area contributed by atoms with E-state index in [1.54, 1.807) is 0 Å². The smallest absolute Gasteiger partial charge is 0.288 e. The van der Waals surface area contributed by atoms with Gasteiger partial charge in [0, 0.05) is 13.0 Å². The van der Waals surface area contributed by atoms with Gasteiger partial charge in [-0.15, -0.1) is 12.3 Å². The summed E-state index contributed by atoms with van der Waals surface area (Å²) in [5.41, 5.74) is 0. The number of rotatable bonds is 7. The zero-order valence-corrected chi connectivity index (χ0v) is 15.3. The van der Waals surface area contributed by atoms with Crippen LogP contribution in [0.2, 0.25) is 0 Å². The Labute approximate surface area is 151 Å². The molecule has 0 fully saturated rings. The van der Waals surface area contributed by atoms with Crippen LogP contribution in [0.3, 0.4) is 0 Å². The maximum atomic E-state index is 6.73. The number of terminal acetylenes is 1. The quantitative estimate of drug-likeness (QED) is 0.277. The van der Waals surface area contributed by atoms with Gasteiger partial charge < -0.3 is 4.43 Å². The first-order valence-corrected chi connectivity index (χ1v) is 10.5. The Kier molecular flexibility index (Phi) is 5.84. The zero-order chi connectivity index (χ0) is 17.4. The van der Waals surface area contributed by atoms with Crippen molar-refractivity contribution in [3.63, 3.8) is 0 Å². The summed E-state index contributed by atoms with van der Waals surface area (Å²) in [5.74, 6) is 2.71. The molecule has 25 heavy (non-hydrogen) atoms. The first-order valence-electron chi connectivity index (χ1n) is 8.62. The van der Waals surface area contributed by atoms with Crippen LogP contribution < -0.4 is 15.6 Å². The van der Waals surface area contributed by atoms with Crippen LogP contribution in [0.15, 0.2) is 91.0 Å². The summed E-state index contributed by atoms with van der Waals surface area (Å²) in [6.07, 6.45) is 7.03. The van der Waals surface area contributed by atoms with Gasteiger partial charge in [-0.3, -0.25) is 0 Å². The average Bonchev–Trinajstić information content (AvgIpc) is 2.70. The van der Waals surface area contributed by atoms with Gasteiger partial charge >= 0.3 is 0 Å². The Morgan fingerprint density at radius 2 is 1.08 bits per heavy atom. The van der Waals surface area contributed by atoms with Gasteiger partial charge in [0.15, 0.2) is 0 Å². The molecule has 0 bridgehead atoms. The van der Waals surface area contributed by atoms with Crippen LogP contribution in [0.1, 0.15) is 12.8 Å². The van der Waals surface area contributed by atoms with Gasteiger partial charge in [-0.1, -0.05) is 91.0 Å². The van der Waals surface area contributed by atoms with E-state index in [1.807, 2.05) is 0 Å². The van der Waals surface area contributed by atoms with E-state index in [-0.39, 0.29) is 0 Å². The molecule has 0 amide bonds. The van der Waals surface area contributed by atoms with Crippen molar-refractivity contribution in [2.45, 2.75) is 12.8 Å². The predicted molar refractivity (Wildman–Crippen MR) is 108 cm³/mol. The van der Waals surface area contributed by atoms with Gasteiger partial charge in [-0.25, -0.2) is 0 Å². The lowest BCUT2D eigenvalue weighted by atomic mass is 10.3. The average molecular weight is 343 g/mol. The van der Waals surface area contributed by atoms with Crippen LogP contribution in [0.4, 0.5) is 0 Å². The minimum absolute atomic E-state index is 0.662. The molecule has 0 unspecified atom stereocenters. The van der Waals surface area contributed by atoms with Crippen molar-refractivity contribution in [2.75, 3.05) is 6.61 Å². The van der Waals surface area contributed by atoms with Crippen molar-refractivity contribution in [3.8, 4) is 12.3 Å². The van der Waals surface area contributed by atoms with Crippen LogP contribution in [0.5, 0.6) is 0 Å². The highest BCUT2D eigenvalue weighted by Gasteiger charge is 2.41. The van der Waals surface area contributed by atoms with Gasteiger partial charge in [0.05, 0.1) is 0 Å². The van der Waals surface area contributed by atoms with Crippen LogP contribution in [-0.2, 0) is 4.43 Å². The lowest BCUT2D eigenvalue weighted by molar-refractivity contribution is 0.318. The van der Waals surface area contributed by atoms with Crippen LogP contribution >= 0.6 is 0 Å². The fourth-order valence-electron chi connectivity index (χ4n) is 3.17. The monoisotopic (exact) mass is 342 g/mol. The third-order valence-corrected chi connectivity index (χ3v) is 8.40. The second-order valence-electron chi connectivity index (χ2n) is 5.94. The lowest BCUT2D eigenvalue weighted by Gasteiger charge is -2.33. The van der Waals surface area contributed by atoms with Crippen molar-refractivity contribution < 1.29 is 4.43 Å². The molecule has 0 aromatic heterocycles. The lowest BCUT2D eigenvalue weighted by Crippen LogP contribution is -2.69. The molecule has 1 nitrogen and oxygen atoms in total. The van der Waals surface area contributed by atoms with E-state index >= 15 is 0 Å². The minimum atomic E-state index is -2.54. The molecule has 3 aromatic rings. The Hall–Kier alpha value is -2.60. The molecule has 0 aliphatic carbocycles. The van der Waals surface area contributed by atoms with Crippen molar-refractivity contribution in [3.05, 3.63) is 91.0 Å². The summed E-state index contributed by atoms with van der Waals surface area (Å²) in [6, 6.07) is 31.8. The van der Waals surface area contributed by atoms with E-state index in [2.05, 4.69) is 96.9 Å². The molecule has 0 heterocycles. The molecular formula is C23H22OSi. The summed E-state index contributed by atoms with van der Waals surface area (Å²) >= 11 is 0. The van der Waals surface area contributed by atoms with Gasteiger partial charge in [0.1, 0.15) is 0 Å². The molecule has 0 N–H and O–H groups in total. The van der Waals surface area contributed by atoms with Crippen LogP contribution in [-0.4, -0.2) is 14.9 Å². The van der Waals surface area contributed by atoms with E-state index in [1.165, 1.54) is 15.6 Å². The Balaban J connectivity index is 2.15.